The average Bonchev–Trinajstić information content (AvgIpc) is 2.87. The molecular formula is C12H23N. The highest BCUT2D eigenvalue weighted by Gasteiger charge is 2.37. The van der Waals surface area contributed by atoms with Gasteiger partial charge in [-0.15, -0.1) is 0 Å². The second-order valence-corrected chi connectivity index (χ2v) is 5.21. The van der Waals surface area contributed by atoms with Crippen molar-refractivity contribution < 1.29 is 0 Å². The Bertz CT molecular complexity index is 161. The van der Waals surface area contributed by atoms with Crippen LogP contribution in [0.3, 0.4) is 0 Å². The number of rotatable bonds is 3. The summed E-state index contributed by atoms with van der Waals surface area (Å²) in [6, 6.07) is 1.52. The molecule has 0 heterocycles. The maximum atomic E-state index is 3.75. The molecule has 2 unspecified atom stereocenters. The third-order valence-electron chi connectivity index (χ3n) is 3.59. The van der Waals surface area contributed by atoms with Gasteiger partial charge in [0.1, 0.15) is 0 Å². The van der Waals surface area contributed by atoms with Crippen LogP contribution in [0.1, 0.15) is 52.4 Å². The Morgan fingerprint density at radius 3 is 2.31 bits per heavy atom. The minimum atomic E-state index is 0.671. The van der Waals surface area contributed by atoms with Crippen molar-refractivity contribution in [2.24, 2.45) is 11.8 Å². The predicted molar refractivity (Wildman–Crippen MR) is 56.7 cm³/mol. The molecule has 1 heteroatoms. The number of nitrogens with one attached hydrogen (secondary N) is 1. The van der Waals surface area contributed by atoms with Crippen molar-refractivity contribution in [2.75, 3.05) is 0 Å². The molecule has 2 aliphatic carbocycles. The van der Waals surface area contributed by atoms with E-state index in [1.54, 1.807) is 0 Å². The fourth-order valence-corrected chi connectivity index (χ4v) is 2.88. The second-order valence-electron chi connectivity index (χ2n) is 5.21. The van der Waals surface area contributed by atoms with E-state index < -0.39 is 0 Å². The molecule has 0 aromatic rings. The van der Waals surface area contributed by atoms with E-state index in [-0.39, 0.29) is 0 Å². The number of hydrogen-bond donors (Lipinski definition) is 1. The lowest BCUT2D eigenvalue weighted by atomic mass is 9.81. The summed E-state index contributed by atoms with van der Waals surface area (Å²) in [6.07, 6.45) is 8.89. The van der Waals surface area contributed by atoms with E-state index >= 15 is 0 Å². The second kappa shape index (κ2) is 4.00. The lowest BCUT2D eigenvalue weighted by molar-refractivity contribution is 0.225. The van der Waals surface area contributed by atoms with Gasteiger partial charge in [-0.1, -0.05) is 26.7 Å². The molecule has 0 radical (unpaired) electrons. The van der Waals surface area contributed by atoms with Crippen LogP contribution in [0, 0.1) is 11.8 Å². The summed E-state index contributed by atoms with van der Waals surface area (Å²) in [5.41, 5.74) is 0. The van der Waals surface area contributed by atoms with Crippen LogP contribution in [-0.2, 0) is 0 Å². The Morgan fingerprint density at radius 1 is 1.00 bits per heavy atom. The highest BCUT2D eigenvalue weighted by atomic mass is 14.9. The normalized spacial score (nSPS) is 35.3. The Kier molecular flexibility index (Phi) is 2.92. The summed E-state index contributed by atoms with van der Waals surface area (Å²) < 4.78 is 0. The summed E-state index contributed by atoms with van der Waals surface area (Å²) in [7, 11) is 0. The van der Waals surface area contributed by atoms with Crippen molar-refractivity contribution in [1.82, 2.24) is 5.32 Å². The monoisotopic (exact) mass is 181 g/mol. The third kappa shape index (κ3) is 2.46. The Balaban J connectivity index is 1.88. The minimum absolute atomic E-state index is 0.671. The SMILES string of the molecule is CC(C)NC1CCCCC1C1CC1. The molecule has 2 rings (SSSR count). The van der Waals surface area contributed by atoms with E-state index in [9.17, 15) is 0 Å². The van der Waals surface area contributed by atoms with Gasteiger partial charge in [-0.05, 0) is 37.5 Å². The molecule has 0 saturated heterocycles. The first-order valence-corrected chi connectivity index (χ1v) is 6.03. The van der Waals surface area contributed by atoms with Crippen molar-refractivity contribution in [3.8, 4) is 0 Å². The summed E-state index contributed by atoms with van der Waals surface area (Å²) in [4.78, 5) is 0. The fraction of sp³-hybridized carbons (Fsp3) is 1.00. The molecule has 0 amide bonds. The molecule has 1 N–H and O–H groups in total. The van der Waals surface area contributed by atoms with Gasteiger partial charge < -0.3 is 5.32 Å². The predicted octanol–water partition coefficient (Wildman–Crippen LogP) is 2.95. The van der Waals surface area contributed by atoms with Crippen molar-refractivity contribution in [3.63, 3.8) is 0 Å². The van der Waals surface area contributed by atoms with Gasteiger partial charge in [-0.3, -0.25) is 0 Å². The summed E-state index contributed by atoms with van der Waals surface area (Å²) in [6.45, 7) is 4.55. The maximum Gasteiger partial charge on any atom is 0.0100 e. The van der Waals surface area contributed by atoms with Crippen molar-refractivity contribution in [2.45, 2.75) is 64.5 Å². The maximum absolute atomic E-state index is 3.75. The van der Waals surface area contributed by atoms with Gasteiger partial charge in [0.25, 0.3) is 0 Å². The molecule has 0 spiro atoms. The van der Waals surface area contributed by atoms with Gasteiger partial charge in [0, 0.05) is 12.1 Å². The summed E-state index contributed by atoms with van der Waals surface area (Å²) in [5.74, 6) is 2.12. The fourth-order valence-electron chi connectivity index (χ4n) is 2.88. The van der Waals surface area contributed by atoms with E-state index in [1.165, 1.54) is 38.5 Å². The molecule has 0 bridgehead atoms. The zero-order chi connectivity index (χ0) is 9.26. The smallest absolute Gasteiger partial charge is 0.0100 e. The topological polar surface area (TPSA) is 12.0 Å². The summed E-state index contributed by atoms with van der Waals surface area (Å²) in [5, 5.41) is 3.75. The molecule has 0 aromatic carbocycles. The van der Waals surface area contributed by atoms with E-state index in [2.05, 4.69) is 19.2 Å². The van der Waals surface area contributed by atoms with E-state index in [1.807, 2.05) is 0 Å². The first kappa shape index (κ1) is 9.51. The van der Waals surface area contributed by atoms with Gasteiger partial charge in [0.15, 0.2) is 0 Å². The van der Waals surface area contributed by atoms with Crippen LogP contribution >= 0.6 is 0 Å². The molecule has 0 aliphatic heterocycles. The first-order valence-electron chi connectivity index (χ1n) is 6.03. The molecule has 2 fully saturated rings. The number of hydrogen-bond acceptors (Lipinski definition) is 1. The van der Waals surface area contributed by atoms with Crippen LogP contribution in [0.5, 0.6) is 0 Å². The minimum Gasteiger partial charge on any atom is -0.311 e. The van der Waals surface area contributed by atoms with Crippen LogP contribution in [0.4, 0.5) is 0 Å². The van der Waals surface area contributed by atoms with Crippen LogP contribution in [0.25, 0.3) is 0 Å². The molecule has 13 heavy (non-hydrogen) atoms. The summed E-state index contributed by atoms with van der Waals surface area (Å²) >= 11 is 0. The molecule has 1 nitrogen and oxygen atoms in total. The van der Waals surface area contributed by atoms with E-state index in [4.69, 9.17) is 0 Å². The average molecular weight is 181 g/mol. The van der Waals surface area contributed by atoms with Crippen molar-refractivity contribution in [3.05, 3.63) is 0 Å². The van der Waals surface area contributed by atoms with Gasteiger partial charge >= 0.3 is 0 Å². The Hall–Kier alpha value is -0.0400. The molecule has 2 atom stereocenters. The highest BCUT2D eigenvalue weighted by molar-refractivity contribution is 4.91. The van der Waals surface area contributed by atoms with E-state index in [0.717, 1.165) is 17.9 Å². The zero-order valence-corrected chi connectivity index (χ0v) is 9.05. The standard InChI is InChI=1S/C12H23N/c1-9(2)13-12-6-4-3-5-11(12)10-7-8-10/h9-13H,3-8H2,1-2H3. The Morgan fingerprint density at radius 2 is 1.69 bits per heavy atom. The largest absolute Gasteiger partial charge is 0.311 e. The van der Waals surface area contributed by atoms with Crippen molar-refractivity contribution >= 4 is 0 Å². The van der Waals surface area contributed by atoms with Gasteiger partial charge in [0.05, 0.1) is 0 Å². The van der Waals surface area contributed by atoms with Crippen LogP contribution in [-0.4, -0.2) is 12.1 Å². The van der Waals surface area contributed by atoms with Crippen LogP contribution in [0.15, 0.2) is 0 Å². The molecule has 2 saturated carbocycles. The van der Waals surface area contributed by atoms with Gasteiger partial charge in [0.2, 0.25) is 0 Å². The zero-order valence-electron chi connectivity index (χ0n) is 9.05. The third-order valence-corrected chi connectivity index (χ3v) is 3.59. The van der Waals surface area contributed by atoms with E-state index in [0.29, 0.717) is 6.04 Å². The quantitative estimate of drug-likeness (QED) is 0.706. The lowest BCUT2D eigenvalue weighted by Gasteiger charge is -2.34. The molecular weight excluding hydrogens is 158 g/mol. The Labute approximate surface area is 82.3 Å². The van der Waals surface area contributed by atoms with Crippen molar-refractivity contribution in [1.29, 1.82) is 0 Å². The van der Waals surface area contributed by atoms with Crippen LogP contribution < -0.4 is 5.32 Å². The first-order chi connectivity index (χ1) is 6.27. The molecule has 0 aromatic heterocycles. The highest BCUT2D eigenvalue weighted by Crippen LogP contribution is 2.44. The van der Waals surface area contributed by atoms with Crippen LogP contribution in [0.2, 0.25) is 0 Å². The molecule has 76 valence electrons. The van der Waals surface area contributed by atoms with Gasteiger partial charge in [-0.25, -0.2) is 0 Å². The lowest BCUT2D eigenvalue weighted by Crippen LogP contribution is -2.42. The molecule has 2 aliphatic rings. The van der Waals surface area contributed by atoms with Gasteiger partial charge in [-0.2, -0.15) is 0 Å².